The third-order valence-corrected chi connectivity index (χ3v) is 3.99. The zero-order valence-electron chi connectivity index (χ0n) is 10.8. The summed E-state index contributed by atoms with van der Waals surface area (Å²) in [4.78, 5) is 12.1. The van der Waals surface area contributed by atoms with E-state index in [1.165, 1.54) is 0 Å². The van der Waals surface area contributed by atoms with Gasteiger partial charge in [-0.15, -0.1) is 0 Å². The lowest BCUT2D eigenvalue weighted by Crippen LogP contribution is -2.39. The number of hydrogen-bond donors (Lipinski definition) is 0. The molecule has 1 heterocycles. The molecule has 0 radical (unpaired) electrons. The van der Waals surface area contributed by atoms with Crippen LogP contribution in [0.5, 0.6) is 0 Å². The molecule has 1 fully saturated rings. The predicted molar refractivity (Wildman–Crippen MR) is 72.4 cm³/mol. The van der Waals surface area contributed by atoms with Crippen LogP contribution in [0.1, 0.15) is 30.4 Å². The number of benzene rings is 1. The van der Waals surface area contributed by atoms with Crippen LogP contribution in [0.2, 0.25) is 5.02 Å². The van der Waals surface area contributed by atoms with Gasteiger partial charge in [-0.05, 0) is 36.1 Å². The molecular weight excluding hydrogens is 264 g/mol. The fraction of sp³-hybridized carbons (Fsp3) is 0.533. The summed E-state index contributed by atoms with van der Waals surface area (Å²) in [6.07, 6.45) is 3.35. The van der Waals surface area contributed by atoms with E-state index in [9.17, 15) is 4.79 Å². The Hall–Kier alpha value is -0.900. The SMILES string of the molecule is O=C1Cc2ccc(Cl)cc2CC2(C1)OCCCCO2. The first kappa shape index (κ1) is 13.1. The van der Waals surface area contributed by atoms with Crippen LogP contribution in [0.4, 0.5) is 0 Å². The molecule has 102 valence electrons. The zero-order chi connectivity index (χ0) is 13.3. The Morgan fingerprint density at radius 2 is 1.79 bits per heavy atom. The molecule has 1 aliphatic heterocycles. The maximum absolute atomic E-state index is 12.1. The van der Waals surface area contributed by atoms with Crippen molar-refractivity contribution in [1.82, 2.24) is 0 Å². The van der Waals surface area contributed by atoms with Crippen molar-refractivity contribution < 1.29 is 14.3 Å². The topological polar surface area (TPSA) is 35.5 Å². The highest BCUT2D eigenvalue weighted by Crippen LogP contribution is 2.33. The maximum Gasteiger partial charge on any atom is 0.179 e. The molecule has 0 amide bonds. The second-order valence-electron chi connectivity index (χ2n) is 5.30. The highest BCUT2D eigenvalue weighted by molar-refractivity contribution is 6.30. The molecule has 0 N–H and O–H groups in total. The molecule has 3 nitrogen and oxygen atoms in total. The number of rotatable bonds is 0. The van der Waals surface area contributed by atoms with Gasteiger partial charge < -0.3 is 9.47 Å². The average molecular weight is 281 g/mol. The number of halogens is 1. The molecule has 1 spiro atoms. The number of ketones is 1. The first-order chi connectivity index (χ1) is 9.17. The number of carbonyl (C=O) groups excluding carboxylic acids is 1. The van der Waals surface area contributed by atoms with Gasteiger partial charge >= 0.3 is 0 Å². The highest BCUT2D eigenvalue weighted by atomic mass is 35.5. The molecule has 1 aliphatic carbocycles. The Labute approximate surface area is 117 Å². The van der Waals surface area contributed by atoms with E-state index < -0.39 is 5.79 Å². The van der Waals surface area contributed by atoms with Gasteiger partial charge in [0.2, 0.25) is 0 Å². The van der Waals surface area contributed by atoms with E-state index in [0.717, 1.165) is 24.0 Å². The van der Waals surface area contributed by atoms with Crippen LogP contribution in [0.15, 0.2) is 18.2 Å². The fourth-order valence-corrected chi connectivity index (χ4v) is 3.02. The summed E-state index contributed by atoms with van der Waals surface area (Å²) >= 11 is 6.06. The molecule has 0 unspecified atom stereocenters. The first-order valence-corrected chi connectivity index (χ1v) is 7.12. The van der Waals surface area contributed by atoms with Gasteiger partial charge in [-0.2, -0.15) is 0 Å². The van der Waals surface area contributed by atoms with Crippen molar-refractivity contribution in [2.45, 2.75) is 37.9 Å². The van der Waals surface area contributed by atoms with E-state index in [4.69, 9.17) is 21.1 Å². The van der Waals surface area contributed by atoms with Gasteiger partial charge in [0, 0.05) is 17.9 Å². The van der Waals surface area contributed by atoms with Gasteiger partial charge in [0.1, 0.15) is 5.78 Å². The number of ether oxygens (including phenoxy) is 2. The van der Waals surface area contributed by atoms with Crippen molar-refractivity contribution >= 4 is 17.4 Å². The number of hydrogen-bond acceptors (Lipinski definition) is 3. The summed E-state index contributed by atoms with van der Waals surface area (Å²) in [5.74, 6) is -0.605. The van der Waals surface area contributed by atoms with E-state index >= 15 is 0 Å². The summed E-state index contributed by atoms with van der Waals surface area (Å²) in [6.45, 7) is 1.31. The number of fused-ring (bicyclic) bond motifs is 1. The molecule has 19 heavy (non-hydrogen) atoms. The zero-order valence-corrected chi connectivity index (χ0v) is 11.5. The molecule has 0 bridgehead atoms. The second kappa shape index (κ2) is 5.23. The smallest absolute Gasteiger partial charge is 0.179 e. The quantitative estimate of drug-likeness (QED) is 0.733. The molecule has 0 aromatic heterocycles. The molecule has 1 aromatic carbocycles. The molecular formula is C15H17ClO3. The van der Waals surface area contributed by atoms with Crippen LogP contribution in [0.25, 0.3) is 0 Å². The normalized spacial score (nSPS) is 22.7. The molecule has 0 atom stereocenters. The van der Waals surface area contributed by atoms with Crippen molar-refractivity contribution in [3.63, 3.8) is 0 Å². The van der Waals surface area contributed by atoms with Crippen LogP contribution >= 0.6 is 11.6 Å². The van der Waals surface area contributed by atoms with Gasteiger partial charge in [0.05, 0.1) is 19.6 Å². The third-order valence-electron chi connectivity index (χ3n) is 3.75. The monoisotopic (exact) mass is 280 g/mol. The fourth-order valence-electron chi connectivity index (χ4n) is 2.83. The molecule has 1 saturated heterocycles. The Balaban J connectivity index is 1.97. The molecule has 2 aliphatic rings. The van der Waals surface area contributed by atoms with E-state index in [-0.39, 0.29) is 5.78 Å². The van der Waals surface area contributed by atoms with Crippen LogP contribution in [-0.2, 0) is 27.1 Å². The highest BCUT2D eigenvalue weighted by Gasteiger charge is 2.39. The van der Waals surface area contributed by atoms with Crippen molar-refractivity contribution in [3.05, 3.63) is 34.3 Å². The third kappa shape index (κ3) is 2.83. The molecule has 1 aromatic rings. The van der Waals surface area contributed by atoms with Gasteiger partial charge in [-0.1, -0.05) is 17.7 Å². The van der Waals surface area contributed by atoms with Crippen LogP contribution in [0.3, 0.4) is 0 Å². The Kier molecular flexibility index (Phi) is 3.61. The van der Waals surface area contributed by atoms with Gasteiger partial charge in [-0.3, -0.25) is 4.79 Å². The Bertz CT molecular complexity index is 490. The minimum Gasteiger partial charge on any atom is -0.349 e. The van der Waals surface area contributed by atoms with Gasteiger partial charge in [0.25, 0.3) is 0 Å². The van der Waals surface area contributed by atoms with Crippen LogP contribution in [-0.4, -0.2) is 24.8 Å². The molecule has 0 saturated carbocycles. The Morgan fingerprint density at radius 1 is 1.05 bits per heavy atom. The van der Waals surface area contributed by atoms with Crippen molar-refractivity contribution in [3.8, 4) is 0 Å². The van der Waals surface area contributed by atoms with Crippen LogP contribution in [0, 0.1) is 0 Å². The van der Waals surface area contributed by atoms with E-state index in [1.807, 2.05) is 18.2 Å². The van der Waals surface area contributed by atoms with Crippen molar-refractivity contribution in [1.29, 1.82) is 0 Å². The van der Waals surface area contributed by atoms with Crippen LogP contribution < -0.4 is 0 Å². The van der Waals surface area contributed by atoms with E-state index in [2.05, 4.69) is 0 Å². The number of Topliss-reactive ketones (excluding diaryl/α,β-unsaturated/α-hetero) is 1. The van der Waals surface area contributed by atoms with Gasteiger partial charge in [0.15, 0.2) is 5.79 Å². The lowest BCUT2D eigenvalue weighted by molar-refractivity contribution is -0.225. The summed E-state index contributed by atoms with van der Waals surface area (Å²) in [7, 11) is 0. The summed E-state index contributed by atoms with van der Waals surface area (Å²) in [6, 6.07) is 5.70. The minimum absolute atomic E-state index is 0.169. The standard InChI is InChI=1S/C15H17ClO3/c16-13-4-3-11-8-14(17)10-15(9-12(11)7-13)18-5-1-2-6-19-15/h3-4,7H,1-2,5-6,8-10H2. The minimum atomic E-state index is -0.774. The summed E-state index contributed by atoms with van der Waals surface area (Å²) in [5.41, 5.74) is 2.11. The first-order valence-electron chi connectivity index (χ1n) is 6.74. The number of carbonyl (C=O) groups is 1. The largest absolute Gasteiger partial charge is 0.349 e. The molecule has 4 heteroatoms. The van der Waals surface area contributed by atoms with Gasteiger partial charge in [-0.25, -0.2) is 0 Å². The summed E-state index contributed by atoms with van der Waals surface area (Å²) < 4.78 is 11.8. The average Bonchev–Trinajstić information content (AvgIpc) is 2.65. The van der Waals surface area contributed by atoms with Crippen molar-refractivity contribution in [2.24, 2.45) is 0 Å². The lowest BCUT2D eigenvalue weighted by atomic mass is 10.0. The lowest BCUT2D eigenvalue weighted by Gasteiger charge is -2.30. The second-order valence-corrected chi connectivity index (χ2v) is 5.73. The van der Waals surface area contributed by atoms with Crippen molar-refractivity contribution in [2.75, 3.05) is 13.2 Å². The maximum atomic E-state index is 12.1. The van der Waals surface area contributed by atoms with E-state index in [0.29, 0.717) is 37.5 Å². The predicted octanol–water partition coefficient (Wildman–Crippen LogP) is 2.92. The van der Waals surface area contributed by atoms with E-state index in [1.54, 1.807) is 0 Å². The Morgan fingerprint density at radius 3 is 2.53 bits per heavy atom. The summed E-state index contributed by atoms with van der Waals surface area (Å²) in [5, 5.41) is 0.692. The molecule has 3 rings (SSSR count).